The number of oxime groups is 2. The number of benzene rings is 6. The quantitative estimate of drug-likeness (QED) is 0.0618. The second-order valence-corrected chi connectivity index (χ2v) is 14.7. The molecule has 0 aromatic heterocycles. The topological polar surface area (TPSA) is 43.2 Å². The fraction of sp³-hybridized carbons (Fsp3) is 0. The van der Waals surface area contributed by atoms with Gasteiger partial charge in [-0.1, -0.05) is 170 Å². The number of hydrogen-bond donors (Lipinski definition) is 0. The summed E-state index contributed by atoms with van der Waals surface area (Å²) in [6.07, 6.45) is 2.61. The molecule has 9 heteroatoms. The van der Waals surface area contributed by atoms with Crippen LogP contribution in [0.3, 0.4) is 0 Å². The van der Waals surface area contributed by atoms with Crippen molar-refractivity contribution < 1.29 is 18.1 Å². The molecular formula is C38H30BF2N2O2P2-. The Morgan fingerprint density at radius 1 is 0.404 bits per heavy atom. The Morgan fingerprint density at radius 2 is 0.681 bits per heavy atom. The minimum atomic E-state index is -4.83. The fourth-order valence-corrected chi connectivity index (χ4v) is 9.94. The van der Waals surface area contributed by atoms with Crippen molar-refractivity contribution in [3.8, 4) is 0 Å². The lowest BCUT2D eigenvalue weighted by Gasteiger charge is -2.22. The Kier molecular flexibility index (Phi) is 10.6. The molecule has 0 radical (unpaired) electrons. The molecule has 0 heterocycles. The van der Waals surface area contributed by atoms with E-state index < -0.39 is 22.9 Å². The van der Waals surface area contributed by atoms with Crippen molar-refractivity contribution in [2.75, 3.05) is 0 Å². The van der Waals surface area contributed by atoms with Crippen LogP contribution in [-0.2, 0) is 9.51 Å². The summed E-state index contributed by atoms with van der Waals surface area (Å²) in [5.74, 6) is 0. The molecule has 0 saturated heterocycles. The minimum Gasteiger partial charge on any atom is -0.519 e. The van der Waals surface area contributed by atoms with Gasteiger partial charge in [0.2, 0.25) is 0 Å². The summed E-state index contributed by atoms with van der Waals surface area (Å²) in [5, 5.41) is 13.8. The molecule has 232 valence electrons. The predicted octanol–water partition coefficient (Wildman–Crippen LogP) is 6.98. The molecule has 0 bridgehead atoms. The van der Waals surface area contributed by atoms with Crippen LogP contribution in [0, 0.1) is 0 Å². The van der Waals surface area contributed by atoms with E-state index in [1.165, 1.54) is 12.4 Å². The summed E-state index contributed by atoms with van der Waals surface area (Å²) < 4.78 is 38.8. The lowest BCUT2D eigenvalue weighted by molar-refractivity contribution is 0.0950. The molecule has 0 amide bonds. The first-order chi connectivity index (χ1) is 23.1. The number of rotatable bonds is 12. The van der Waals surface area contributed by atoms with Gasteiger partial charge in [0, 0.05) is 11.1 Å². The molecule has 0 aliphatic heterocycles. The monoisotopic (exact) mass is 657 g/mol. The summed E-state index contributed by atoms with van der Waals surface area (Å²) in [6, 6.07) is 55.7. The molecule has 47 heavy (non-hydrogen) atoms. The molecule has 6 rings (SSSR count). The van der Waals surface area contributed by atoms with E-state index in [1.54, 1.807) is 0 Å². The highest BCUT2D eigenvalue weighted by molar-refractivity contribution is 7.80. The standard InChI is InChI=1S/C38H30BF2N2O2P2/c40-39(41,44-42-29-31-17-13-15-27-37(31)46(33-19-5-1-6-20-33)34-21-7-2-8-22-34)45-43-30-32-18-14-16-28-38(32)47(35-23-9-3-10-24-35)36-25-11-4-12-26-36/h1-30H/q-1/b42-29+,43-30+. The zero-order chi connectivity index (χ0) is 32.3. The van der Waals surface area contributed by atoms with E-state index in [9.17, 15) is 8.63 Å². The molecule has 6 aromatic rings. The number of nitrogens with zero attached hydrogens (tertiary/aromatic N) is 2. The third-order valence-corrected chi connectivity index (χ3v) is 12.2. The normalized spacial score (nSPS) is 11.8. The Morgan fingerprint density at radius 3 is 1.00 bits per heavy atom. The molecule has 0 aliphatic carbocycles. The van der Waals surface area contributed by atoms with E-state index in [2.05, 4.69) is 68.4 Å². The zero-order valence-corrected chi connectivity index (χ0v) is 27.0. The van der Waals surface area contributed by atoms with Crippen LogP contribution in [0.15, 0.2) is 180 Å². The van der Waals surface area contributed by atoms with Gasteiger partial charge in [0.25, 0.3) is 0 Å². The summed E-state index contributed by atoms with van der Waals surface area (Å²) in [4.78, 5) is 0. The smallest absolute Gasteiger partial charge is 0.519 e. The molecular weight excluding hydrogens is 627 g/mol. The third kappa shape index (κ3) is 8.26. The van der Waals surface area contributed by atoms with Gasteiger partial charge in [0.1, 0.15) is 0 Å². The van der Waals surface area contributed by atoms with Crippen LogP contribution < -0.4 is 31.8 Å². The molecule has 0 saturated carbocycles. The Labute approximate surface area is 276 Å². The largest absolute Gasteiger partial charge is 0.766 e. The second kappa shape index (κ2) is 15.6. The van der Waals surface area contributed by atoms with Gasteiger partial charge in [-0.15, -0.1) is 10.3 Å². The molecule has 0 unspecified atom stereocenters. The first kappa shape index (κ1) is 32.0. The van der Waals surface area contributed by atoms with Gasteiger partial charge < -0.3 is 18.1 Å². The Bertz CT molecular complexity index is 1710. The van der Waals surface area contributed by atoms with Gasteiger partial charge in [-0.25, -0.2) is 0 Å². The van der Waals surface area contributed by atoms with E-state index in [-0.39, 0.29) is 0 Å². The van der Waals surface area contributed by atoms with Crippen molar-refractivity contribution in [3.63, 3.8) is 0 Å². The first-order valence-electron chi connectivity index (χ1n) is 15.0. The summed E-state index contributed by atoms with van der Waals surface area (Å²) in [5.41, 5.74) is 1.34. The van der Waals surface area contributed by atoms with Crippen LogP contribution in [0.25, 0.3) is 0 Å². The van der Waals surface area contributed by atoms with Crippen LogP contribution in [0.2, 0.25) is 0 Å². The van der Waals surface area contributed by atoms with Gasteiger partial charge in [-0.05, 0) is 47.7 Å². The SMILES string of the molecule is F[B-](F)(O/N=C/c1ccccc1P(c1ccccc1)c1ccccc1)O/N=C/c1ccccc1P(c1ccccc1)c1ccccc1. The van der Waals surface area contributed by atoms with Crippen LogP contribution >= 0.6 is 15.8 Å². The van der Waals surface area contributed by atoms with Crippen molar-refractivity contribution >= 4 is 67.2 Å². The molecule has 0 spiro atoms. The maximum absolute atomic E-state index is 14.8. The van der Waals surface area contributed by atoms with E-state index in [4.69, 9.17) is 0 Å². The minimum absolute atomic E-state index is 0.672. The fourth-order valence-electron chi connectivity index (χ4n) is 5.10. The Hall–Kier alpha value is -4.96. The predicted molar refractivity (Wildman–Crippen MR) is 196 cm³/mol. The lowest BCUT2D eigenvalue weighted by Crippen LogP contribution is -2.28. The van der Waals surface area contributed by atoms with Crippen LogP contribution in [0.1, 0.15) is 11.1 Å². The van der Waals surface area contributed by atoms with E-state index in [0.29, 0.717) is 11.1 Å². The van der Waals surface area contributed by atoms with Crippen LogP contribution in [-0.4, -0.2) is 19.5 Å². The van der Waals surface area contributed by atoms with Crippen molar-refractivity contribution in [3.05, 3.63) is 181 Å². The van der Waals surface area contributed by atoms with Gasteiger partial charge in [0.15, 0.2) is 0 Å². The average molecular weight is 657 g/mol. The third-order valence-electron chi connectivity index (χ3n) is 7.16. The number of hydrogen-bond acceptors (Lipinski definition) is 4. The molecule has 4 nitrogen and oxygen atoms in total. The van der Waals surface area contributed by atoms with E-state index in [0.717, 1.165) is 31.8 Å². The van der Waals surface area contributed by atoms with E-state index >= 15 is 0 Å². The van der Waals surface area contributed by atoms with Gasteiger partial charge in [0.05, 0.1) is 12.4 Å². The average Bonchev–Trinajstić information content (AvgIpc) is 3.12. The van der Waals surface area contributed by atoms with Crippen LogP contribution in [0.4, 0.5) is 8.63 Å². The van der Waals surface area contributed by atoms with Crippen molar-refractivity contribution in [1.29, 1.82) is 0 Å². The van der Waals surface area contributed by atoms with Crippen molar-refractivity contribution in [2.45, 2.75) is 0 Å². The highest BCUT2D eigenvalue weighted by Crippen LogP contribution is 2.35. The first-order valence-corrected chi connectivity index (χ1v) is 17.7. The number of halogens is 2. The van der Waals surface area contributed by atoms with Crippen LogP contribution in [0.5, 0.6) is 0 Å². The maximum Gasteiger partial charge on any atom is 0.766 e. The molecule has 0 fully saturated rings. The summed E-state index contributed by atoms with van der Waals surface area (Å²) >= 11 is 0. The van der Waals surface area contributed by atoms with Gasteiger partial charge in [-0.3, -0.25) is 0 Å². The molecule has 0 N–H and O–H groups in total. The highest BCUT2D eigenvalue weighted by atomic mass is 31.1. The second-order valence-electron chi connectivity index (χ2n) is 10.3. The lowest BCUT2D eigenvalue weighted by atomic mass is 10.2. The summed E-state index contributed by atoms with van der Waals surface area (Å²) in [6.45, 7) is 0. The molecule has 6 aromatic carbocycles. The molecule has 0 aliphatic rings. The highest BCUT2D eigenvalue weighted by Gasteiger charge is 2.34. The van der Waals surface area contributed by atoms with Gasteiger partial charge in [-0.2, -0.15) is 0 Å². The van der Waals surface area contributed by atoms with Crippen molar-refractivity contribution in [2.24, 2.45) is 10.3 Å². The Balaban J connectivity index is 1.20. The van der Waals surface area contributed by atoms with Crippen molar-refractivity contribution in [1.82, 2.24) is 0 Å². The summed E-state index contributed by atoms with van der Waals surface area (Å²) in [7, 11) is -6.78. The molecule has 0 atom stereocenters. The van der Waals surface area contributed by atoms with E-state index in [1.807, 2.05) is 121 Å². The maximum atomic E-state index is 14.8. The van der Waals surface area contributed by atoms with Gasteiger partial charge >= 0.3 is 7.11 Å². The zero-order valence-electron chi connectivity index (χ0n) is 25.3.